The van der Waals surface area contributed by atoms with Crippen LogP contribution in [0.2, 0.25) is 0 Å². The van der Waals surface area contributed by atoms with E-state index < -0.39 is 5.41 Å². The maximum absolute atomic E-state index is 7.32. The Hall–Kier alpha value is -8.31. The zero-order valence-electron chi connectivity index (χ0n) is 36.3. The van der Waals surface area contributed by atoms with Gasteiger partial charge >= 0.3 is 0 Å². The van der Waals surface area contributed by atoms with Gasteiger partial charge < -0.3 is 14.2 Å². The van der Waals surface area contributed by atoms with Gasteiger partial charge in [-0.3, -0.25) is 0 Å². The third-order valence-electron chi connectivity index (χ3n) is 14.0. The van der Waals surface area contributed by atoms with Crippen molar-refractivity contribution in [2.24, 2.45) is 0 Å². The third kappa shape index (κ3) is 5.54. The summed E-state index contributed by atoms with van der Waals surface area (Å²) in [6.45, 7) is 0. The minimum atomic E-state index is -0.518. The average molecular weight is 873 g/mol. The minimum absolute atomic E-state index is 0.518. The fraction of sp³-hybridized carbons (Fsp3) is 0.0159. The summed E-state index contributed by atoms with van der Waals surface area (Å²) < 4.78 is 7.32. The third-order valence-corrected chi connectivity index (χ3v) is 15.2. The van der Waals surface area contributed by atoms with Crippen LogP contribution in [0, 0.1) is 0 Å². The van der Waals surface area contributed by atoms with E-state index in [1.807, 2.05) is 11.8 Å². The lowest BCUT2D eigenvalue weighted by Gasteiger charge is -2.40. The normalized spacial score (nSPS) is 13.1. The fourth-order valence-electron chi connectivity index (χ4n) is 11.3. The van der Waals surface area contributed by atoms with Gasteiger partial charge in [-0.25, -0.2) is 0 Å². The molecule has 0 fully saturated rings. The van der Waals surface area contributed by atoms with Gasteiger partial charge in [-0.15, -0.1) is 0 Å². The Bertz CT molecular complexity index is 3830. The first-order valence-electron chi connectivity index (χ1n) is 22.9. The van der Waals surface area contributed by atoms with E-state index in [-0.39, 0.29) is 0 Å². The number of hydrogen-bond donors (Lipinski definition) is 0. The van der Waals surface area contributed by atoms with Crippen molar-refractivity contribution in [1.82, 2.24) is 0 Å². The second kappa shape index (κ2) is 14.9. The summed E-state index contributed by atoms with van der Waals surface area (Å²) >= 11 is 1.88. The highest BCUT2D eigenvalue weighted by Crippen LogP contribution is 2.63. The van der Waals surface area contributed by atoms with Crippen molar-refractivity contribution in [3.63, 3.8) is 0 Å². The van der Waals surface area contributed by atoms with E-state index in [1.165, 1.54) is 43.2 Å². The fourth-order valence-corrected chi connectivity index (χ4v) is 12.5. The van der Waals surface area contributed by atoms with Gasteiger partial charge in [0, 0.05) is 54.1 Å². The van der Waals surface area contributed by atoms with Crippen LogP contribution in [-0.2, 0) is 5.41 Å². The Morgan fingerprint density at radius 2 is 0.836 bits per heavy atom. The van der Waals surface area contributed by atoms with Crippen LogP contribution in [0.15, 0.2) is 257 Å². The Balaban J connectivity index is 1.09. The van der Waals surface area contributed by atoms with Gasteiger partial charge in [0.25, 0.3) is 0 Å². The van der Waals surface area contributed by atoms with Gasteiger partial charge in [-0.05, 0) is 112 Å². The maximum atomic E-state index is 7.32. The van der Waals surface area contributed by atoms with E-state index in [4.69, 9.17) is 4.42 Å². The number of nitrogens with zero attached hydrogens (tertiary/aromatic N) is 2. The van der Waals surface area contributed by atoms with Gasteiger partial charge in [-0.1, -0.05) is 182 Å². The van der Waals surface area contributed by atoms with E-state index in [9.17, 15) is 0 Å². The number of furan rings is 1. The molecular formula is C63H40N2OS. The summed E-state index contributed by atoms with van der Waals surface area (Å²) in [5.74, 6) is 0. The van der Waals surface area contributed by atoms with Crippen LogP contribution < -0.4 is 9.80 Å². The van der Waals surface area contributed by atoms with E-state index >= 15 is 0 Å². The van der Waals surface area contributed by atoms with Gasteiger partial charge in [0.05, 0.1) is 22.2 Å². The van der Waals surface area contributed by atoms with Crippen LogP contribution in [0.5, 0.6) is 0 Å². The highest BCUT2D eigenvalue weighted by molar-refractivity contribution is 7.99. The SMILES string of the molecule is c1ccc(N(c2ccccc2)c2cc3c(oc4c5ccccc5cc(N(c5ccccc5)c5ccc6c(c5)C5(c7ccccc7S6)c6ccccc6-c6ccccc65)c34)c3ccccc23)cc1. The molecule has 4 heteroatoms. The Morgan fingerprint density at radius 3 is 1.49 bits per heavy atom. The highest BCUT2D eigenvalue weighted by Gasteiger charge is 2.50. The first-order chi connectivity index (χ1) is 33.3. The van der Waals surface area contributed by atoms with Crippen LogP contribution in [0.25, 0.3) is 54.6 Å². The molecule has 14 rings (SSSR count). The van der Waals surface area contributed by atoms with E-state index in [0.717, 1.165) is 77.6 Å². The molecular weight excluding hydrogens is 833 g/mol. The molecule has 0 saturated heterocycles. The molecule has 67 heavy (non-hydrogen) atoms. The van der Waals surface area contributed by atoms with E-state index in [0.29, 0.717) is 0 Å². The van der Waals surface area contributed by atoms with Crippen molar-refractivity contribution in [3.05, 3.63) is 265 Å². The van der Waals surface area contributed by atoms with Gasteiger partial charge in [0.2, 0.25) is 0 Å². The molecule has 1 spiro atoms. The topological polar surface area (TPSA) is 19.6 Å². The largest absolute Gasteiger partial charge is 0.455 e. The summed E-state index contributed by atoms with van der Waals surface area (Å²) in [5.41, 5.74) is 15.5. The predicted octanol–water partition coefficient (Wildman–Crippen LogP) is 17.7. The van der Waals surface area contributed by atoms with Crippen molar-refractivity contribution in [3.8, 4) is 11.1 Å². The van der Waals surface area contributed by atoms with Crippen LogP contribution in [0.3, 0.4) is 0 Å². The number of anilines is 6. The first kappa shape index (κ1) is 38.0. The van der Waals surface area contributed by atoms with Crippen molar-refractivity contribution in [2.75, 3.05) is 9.80 Å². The smallest absolute Gasteiger partial charge is 0.145 e. The number of rotatable bonds is 6. The molecule has 0 atom stereocenters. The lowest BCUT2D eigenvalue weighted by atomic mass is 9.67. The van der Waals surface area contributed by atoms with Crippen LogP contribution in [0.4, 0.5) is 34.1 Å². The molecule has 11 aromatic carbocycles. The molecule has 12 aromatic rings. The van der Waals surface area contributed by atoms with Crippen LogP contribution >= 0.6 is 11.8 Å². The molecule has 2 aliphatic rings. The molecule has 0 amide bonds. The molecule has 0 saturated carbocycles. The first-order valence-corrected chi connectivity index (χ1v) is 23.7. The lowest BCUT2D eigenvalue weighted by Crippen LogP contribution is -2.32. The second-order valence-electron chi connectivity index (χ2n) is 17.5. The molecule has 1 aliphatic carbocycles. The summed E-state index contributed by atoms with van der Waals surface area (Å²) in [7, 11) is 0. The summed E-state index contributed by atoms with van der Waals surface area (Å²) in [6, 6.07) is 88.7. The summed E-state index contributed by atoms with van der Waals surface area (Å²) in [5, 5.41) is 6.49. The molecule has 0 N–H and O–H groups in total. The zero-order chi connectivity index (χ0) is 44.1. The predicted molar refractivity (Wildman–Crippen MR) is 280 cm³/mol. The van der Waals surface area contributed by atoms with Crippen molar-refractivity contribution >= 4 is 89.4 Å². The highest BCUT2D eigenvalue weighted by atomic mass is 32.2. The van der Waals surface area contributed by atoms with Crippen molar-refractivity contribution < 1.29 is 4.42 Å². The Kier molecular flexibility index (Phi) is 8.43. The molecule has 3 nitrogen and oxygen atoms in total. The van der Waals surface area contributed by atoms with Crippen molar-refractivity contribution in [1.29, 1.82) is 0 Å². The maximum Gasteiger partial charge on any atom is 0.145 e. The standard InChI is InChI=1S/C63H40N2OS/c1-4-21-42(22-5-1)64(43-23-6-2-7-24-43)56-40-51-60-57(38-41-20-10-11-27-46(41)62(60)66-61(51)50-31-13-12-30-49(50)56)65(44-25-8-3-9-26-44)45-36-37-59-55(39-45)63(54-34-18-19-35-58(54)67-59)52-32-16-14-28-47(52)48-29-15-17-33-53(48)63/h1-40H. The van der Waals surface area contributed by atoms with E-state index in [1.54, 1.807) is 0 Å². The number of benzene rings is 11. The lowest BCUT2D eigenvalue weighted by molar-refractivity contribution is 0.676. The number of fused-ring (bicyclic) bond motifs is 16. The van der Waals surface area contributed by atoms with Crippen molar-refractivity contribution in [2.45, 2.75) is 15.2 Å². The average Bonchev–Trinajstić information content (AvgIpc) is 3.93. The molecule has 0 unspecified atom stereocenters. The molecule has 1 aliphatic heterocycles. The monoisotopic (exact) mass is 872 g/mol. The summed E-state index contributed by atoms with van der Waals surface area (Å²) in [4.78, 5) is 7.40. The molecule has 2 heterocycles. The second-order valence-corrected chi connectivity index (χ2v) is 18.6. The van der Waals surface area contributed by atoms with Crippen LogP contribution in [-0.4, -0.2) is 0 Å². The zero-order valence-corrected chi connectivity index (χ0v) is 37.1. The van der Waals surface area contributed by atoms with Gasteiger partial charge in [0.15, 0.2) is 0 Å². The Morgan fingerprint density at radius 1 is 0.328 bits per heavy atom. The quantitative estimate of drug-likeness (QED) is 0.166. The molecule has 314 valence electrons. The number of hydrogen-bond acceptors (Lipinski definition) is 4. The van der Waals surface area contributed by atoms with E-state index in [2.05, 4.69) is 252 Å². The minimum Gasteiger partial charge on any atom is -0.455 e. The van der Waals surface area contributed by atoms with Gasteiger partial charge in [0.1, 0.15) is 11.2 Å². The number of para-hydroxylation sites is 3. The summed E-state index contributed by atoms with van der Waals surface area (Å²) in [6.07, 6.45) is 0. The van der Waals surface area contributed by atoms with Crippen LogP contribution in [0.1, 0.15) is 22.3 Å². The molecule has 0 radical (unpaired) electrons. The Labute approximate surface area is 392 Å². The molecule has 0 bridgehead atoms. The molecule has 1 aromatic heterocycles. The van der Waals surface area contributed by atoms with Gasteiger partial charge in [-0.2, -0.15) is 0 Å².